The molecule has 7 rings (SSSR count). The van der Waals surface area contributed by atoms with Gasteiger partial charge < -0.3 is 14.6 Å². The Hall–Kier alpha value is -1.72. The summed E-state index contributed by atoms with van der Waals surface area (Å²) in [5.41, 5.74) is 1.77. The first kappa shape index (κ1) is 13.6. The minimum atomic E-state index is -1.19. The van der Waals surface area contributed by atoms with Gasteiger partial charge in [0.25, 0.3) is 0 Å². The molecule has 124 valence electrons. The number of hydrogen-bond acceptors (Lipinski definition) is 5. The van der Waals surface area contributed by atoms with E-state index in [4.69, 9.17) is 9.47 Å². The number of fused-ring (bicyclic) bond motifs is 2. The second-order valence-electron chi connectivity index (χ2n) is 8.18. The number of hydrogen-bond donors (Lipinski definition) is 1. The van der Waals surface area contributed by atoms with Gasteiger partial charge in [-0.3, -0.25) is 9.59 Å². The van der Waals surface area contributed by atoms with Crippen molar-refractivity contribution in [3.8, 4) is 0 Å². The molecule has 6 aliphatic rings. The summed E-state index contributed by atoms with van der Waals surface area (Å²) in [7, 11) is 0. The molecule has 1 N–H and O–H groups in total. The van der Waals surface area contributed by atoms with Gasteiger partial charge in [-0.05, 0) is 54.2 Å². The third-order valence-electron chi connectivity index (χ3n) is 7.46. The molecule has 1 aromatic rings. The smallest absolute Gasteiger partial charge is 0.313 e. The molecule has 1 saturated carbocycles. The monoisotopic (exact) mass is 326 g/mol. The van der Waals surface area contributed by atoms with Crippen LogP contribution in [0.4, 0.5) is 0 Å². The number of aliphatic hydroxyl groups is 1. The zero-order valence-corrected chi connectivity index (χ0v) is 13.5. The summed E-state index contributed by atoms with van der Waals surface area (Å²) in [4.78, 5) is 25.1. The molecule has 0 aromatic heterocycles. The maximum atomic E-state index is 12.9. The van der Waals surface area contributed by atoms with Crippen molar-refractivity contribution in [3.63, 3.8) is 0 Å². The summed E-state index contributed by atoms with van der Waals surface area (Å²) in [6.07, 6.45) is -0.101. The van der Waals surface area contributed by atoms with Gasteiger partial charge in [0.1, 0.15) is 17.8 Å². The Bertz CT molecular complexity index is 907. The standard InChI is InChI=1S/C19H18O5/c1-7-5-10(20)6-9-3-4-18-8(2)13-16(24-17(18)21)19(22)14(18)12(9)11(7)15(19)23-13/h5-6,8,13-16,22H,3-4H2,1-2H3/t8-,13+,14-,15-,16-,18-,19-/m1/s1. The van der Waals surface area contributed by atoms with Gasteiger partial charge in [-0.1, -0.05) is 6.92 Å². The van der Waals surface area contributed by atoms with Crippen LogP contribution < -0.4 is 5.43 Å². The molecule has 1 aromatic carbocycles. The van der Waals surface area contributed by atoms with Crippen LogP contribution in [0.1, 0.15) is 47.6 Å². The molecule has 0 radical (unpaired) electrons. The van der Waals surface area contributed by atoms with Crippen LogP contribution in [0.15, 0.2) is 16.9 Å². The van der Waals surface area contributed by atoms with Crippen molar-refractivity contribution in [1.82, 2.24) is 0 Å². The molecule has 4 bridgehead atoms. The highest BCUT2D eigenvalue weighted by Crippen LogP contribution is 2.75. The van der Waals surface area contributed by atoms with Crippen molar-refractivity contribution in [1.29, 1.82) is 0 Å². The van der Waals surface area contributed by atoms with Crippen LogP contribution in [0.5, 0.6) is 0 Å². The zero-order valence-electron chi connectivity index (χ0n) is 13.5. The van der Waals surface area contributed by atoms with Gasteiger partial charge in [-0.15, -0.1) is 0 Å². The van der Waals surface area contributed by atoms with E-state index < -0.39 is 23.2 Å². The number of aryl methyl sites for hydroxylation is 2. The highest BCUT2D eigenvalue weighted by Gasteiger charge is 2.83. The molecule has 4 fully saturated rings. The highest BCUT2D eigenvalue weighted by molar-refractivity contribution is 5.84. The van der Waals surface area contributed by atoms with E-state index in [-0.39, 0.29) is 29.3 Å². The maximum Gasteiger partial charge on any atom is 0.313 e. The predicted octanol–water partition coefficient (Wildman–Crippen LogP) is 1.13. The number of rotatable bonds is 0. The van der Waals surface area contributed by atoms with Gasteiger partial charge in [0, 0.05) is 11.8 Å². The molecular weight excluding hydrogens is 308 g/mol. The molecular formula is C19H18O5. The van der Waals surface area contributed by atoms with Crippen molar-refractivity contribution in [2.45, 2.75) is 56.5 Å². The van der Waals surface area contributed by atoms with Gasteiger partial charge in [0.05, 0.1) is 5.41 Å². The van der Waals surface area contributed by atoms with Crippen LogP contribution in [0.2, 0.25) is 0 Å². The third-order valence-corrected chi connectivity index (χ3v) is 7.46. The van der Waals surface area contributed by atoms with E-state index in [0.717, 1.165) is 22.3 Å². The van der Waals surface area contributed by atoms with Crippen molar-refractivity contribution >= 4 is 5.97 Å². The van der Waals surface area contributed by atoms with E-state index in [2.05, 4.69) is 6.92 Å². The normalized spacial score (nSPS) is 48.6. The average molecular weight is 326 g/mol. The van der Waals surface area contributed by atoms with Crippen LogP contribution in [-0.2, 0) is 20.7 Å². The molecule has 3 saturated heterocycles. The molecule has 1 spiro atoms. The first-order chi connectivity index (χ1) is 11.4. The Balaban J connectivity index is 1.81. The number of carbonyl (C=O) groups excluding carboxylic acids is 1. The molecule has 5 nitrogen and oxygen atoms in total. The lowest BCUT2D eigenvalue weighted by molar-refractivity contribution is -0.243. The lowest BCUT2D eigenvalue weighted by Crippen LogP contribution is -2.71. The fraction of sp³-hybridized carbons (Fsp3) is 0.579. The van der Waals surface area contributed by atoms with E-state index in [1.54, 1.807) is 12.1 Å². The first-order valence-electron chi connectivity index (χ1n) is 8.67. The molecule has 7 atom stereocenters. The molecule has 0 unspecified atom stereocenters. The molecule has 5 heteroatoms. The van der Waals surface area contributed by atoms with Crippen LogP contribution in [-0.4, -0.2) is 28.9 Å². The van der Waals surface area contributed by atoms with Gasteiger partial charge in [-0.25, -0.2) is 0 Å². The minimum absolute atomic E-state index is 0.0119. The Morgan fingerprint density at radius 2 is 2.04 bits per heavy atom. The predicted molar refractivity (Wildman–Crippen MR) is 82.6 cm³/mol. The van der Waals surface area contributed by atoms with E-state index in [1.165, 1.54) is 0 Å². The Morgan fingerprint density at radius 1 is 1.25 bits per heavy atom. The lowest BCUT2D eigenvalue weighted by atomic mass is 9.48. The average Bonchev–Trinajstić information content (AvgIpc) is 2.88. The fourth-order valence-corrected chi connectivity index (χ4v) is 6.57. The van der Waals surface area contributed by atoms with Gasteiger partial charge >= 0.3 is 5.97 Å². The van der Waals surface area contributed by atoms with Crippen molar-refractivity contribution in [2.24, 2.45) is 11.3 Å². The van der Waals surface area contributed by atoms with E-state index in [9.17, 15) is 14.7 Å². The molecule has 24 heavy (non-hydrogen) atoms. The molecule has 3 aliphatic heterocycles. The van der Waals surface area contributed by atoms with Crippen molar-refractivity contribution < 1.29 is 19.4 Å². The van der Waals surface area contributed by atoms with Crippen molar-refractivity contribution in [2.75, 3.05) is 0 Å². The lowest BCUT2D eigenvalue weighted by Gasteiger charge is -2.60. The van der Waals surface area contributed by atoms with Crippen LogP contribution >= 0.6 is 0 Å². The third kappa shape index (κ3) is 1.06. The van der Waals surface area contributed by atoms with Crippen LogP contribution in [0, 0.1) is 18.3 Å². The van der Waals surface area contributed by atoms with Crippen LogP contribution in [0.25, 0.3) is 0 Å². The molecule has 3 aliphatic carbocycles. The number of ether oxygens (including phenoxy) is 2. The summed E-state index contributed by atoms with van der Waals surface area (Å²) in [6.45, 7) is 3.95. The zero-order chi connectivity index (χ0) is 16.6. The van der Waals surface area contributed by atoms with Gasteiger partial charge in [-0.2, -0.15) is 0 Å². The van der Waals surface area contributed by atoms with E-state index in [0.29, 0.717) is 12.8 Å². The van der Waals surface area contributed by atoms with E-state index in [1.807, 2.05) is 6.92 Å². The summed E-state index contributed by atoms with van der Waals surface area (Å²) in [6, 6.07) is 3.30. The quantitative estimate of drug-likeness (QED) is 0.724. The van der Waals surface area contributed by atoms with Crippen molar-refractivity contribution in [3.05, 3.63) is 44.6 Å². The number of esters is 1. The Morgan fingerprint density at radius 3 is 2.83 bits per heavy atom. The highest BCUT2D eigenvalue weighted by atomic mass is 16.6. The van der Waals surface area contributed by atoms with E-state index >= 15 is 0 Å². The van der Waals surface area contributed by atoms with Gasteiger partial charge in [0.2, 0.25) is 0 Å². The second-order valence-corrected chi connectivity index (χ2v) is 8.18. The summed E-state index contributed by atoms with van der Waals surface area (Å²) in [5, 5.41) is 11.7. The molecule has 3 heterocycles. The maximum absolute atomic E-state index is 12.9. The Labute approximate surface area is 138 Å². The summed E-state index contributed by atoms with van der Waals surface area (Å²) < 4.78 is 12.0. The van der Waals surface area contributed by atoms with Gasteiger partial charge in [0.15, 0.2) is 11.5 Å². The fourth-order valence-electron chi connectivity index (χ4n) is 6.57. The first-order valence-corrected chi connectivity index (χ1v) is 8.67. The second kappa shape index (κ2) is 3.60. The summed E-state index contributed by atoms with van der Waals surface area (Å²) >= 11 is 0. The SMILES string of the molecule is Cc1cc(=O)cc2c3c1[C@H]1O[C@H]4[C@@H](C)[C@@]5(CC2)C(=O)O[C@H]4[C@@]1(O)[C@H]35. The Kier molecular flexibility index (Phi) is 2.04. The topological polar surface area (TPSA) is 72.8 Å². The number of carbonyl (C=O) groups is 1. The summed E-state index contributed by atoms with van der Waals surface area (Å²) in [5.74, 6) is -0.503. The largest absolute Gasteiger partial charge is 0.456 e. The minimum Gasteiger partial charge on any atom is -0.456 e. The van der Waals surface area contributed by atoms with Crippen LogP contribution in [0.3, 0.4) is 0 Å². The molecule has 0 amide bonds.